The van der Waals surface area contributed by atoms with Gasteiger partial charge in [0.15, 0.2) is 0 Å². The van der Waals surface area contributed by atoms with Gasteiger partial charge < -0.3 is 20.2 Å². The van der Waals surface area contributed by atoms with Crippen molar-refractivity contribution >= 4 is 33.7 Å². The summed E-state index contributed by atoms with van der Waals surface area (Å²) in [6, 6.07) is 6.66. The molecule has 1 heterocycles. The number of halogens is 1. The number of aliphatic carboxylic acids is 1. The maximum Gasteiger partial charge on any atom is 0.326 e. The third kappa shape index (κ3) is 6.06. The molecule has 204 valence electrons. The molecule has 11 heteroatoms. The molecule has 1 fully saturated rings. The van der Waals surface area contributed by atoms with Crippen LogP contribution in [0.1, 0.15) is 36.6 Å². The van der Waals surface area contributed by atoms with Gasteiger partial charge in [0.2, 0.25) is 15.9 Å². The highest BCUT2D eigenvalue weighted by Gasteiger charge is 2.30. The van der Waals surface area contributed by atoms with Crippen LogP contribution in [-0.4, -0.2) is 69.6 Å². The third-order valence-electron chi connectivity index (χ3n) is 6.99. The van der Waals surface area contributed by atoms with Crippen molar-refractivity contribution in [1.29, 1.82) is 0 Å². The molecule has 1 amide bonds. The highest BCUT2D eigenvalue weighted by Crippen LogP contribution is 2.37. The lowest BCUT2D eigenvalue weighted by Gasteiger charge is -2.36. The van der Waals surface area contributed by atoms with Crippen molar-refractivity contribution in [2.45, 2.75) is 37.2 Å². The molecular weight excluding hydrogens is 511 g/mol. The monoisotopic (exact) mass is 544 g/mol. The molecule has 38 heavy (non-hydrogen) atoms. The molecule has 0 saturated carbocycles. The first-order chi connectivity index (χ1) is 18.0. The Hall–Kier alpha value is -3.28. The number of likely N-dealkylation sites (N-methyl/N-ethyl adjacent to an activating group) is 1. The van der Waals surface area contributed by atoms with Crippen molar-refractivity contribution in [3.63, 3.8) is 0 Å². The molecule has 4 rings (SSSR count). The Labute approximate surface area is 222 Å². The fourth-order valence-corrected chi connectivity index (χ4v) is 5.99. The zero-order valence-electron chi connectivity index (χ0n) is 21.6. The quantitative estimate of drug-likeness (QED) is 0.444. The first-order valence-corrected chi connectivity index (χ1v) is 14.0. The Bertz CT molecular complexity index is 1340. The first-order valence-electron chi connectivity index (χ1n) is 12.5. The highest BCUT2D eigenvalue weighted by molar-refractivity contribution is 7.89. The molecule has 2 atom stereocenters. The van der Waals surface area contributed by atoms with Crippen LogP contribution in [0.2, 0.25) is 0 Å². The second-order valence-corrected chi connectivity index (χ2v) is 11.8. The summed E-state index contributed by atoms with van der Waals surface area (Å²) in [7, 11) is -1.89. The van der Waals surface area contributed by atoms with Crippen molar-refractivity contribution in [2.24, 2.45) is 5.92 Å². The third-order valence-corrected chi connectivity index (χ3v) is 8.45. The van der Waals surface area contributed by atoms with Crippen LogP contribution in [0.25, 0.3) is 6.08 Å². The average molecular weight is 545 g/mol. The van der Waals surface area contributed by atoms with E-state index in [1.165, 1.54) is 12.1 Å². The summed E-state index contributed by atoms with van der Waals surface area (Å²) >= 11 is 0. The number of carbonyl (C=O) groups is 2. The van der Waals surface area contributed by atoms with E-state index in [1.54, 1.807) is 26.0 Å². The van der Waals surface area contributed by atoms with Gasteiger partial charge in [0.25, 0.3) is 0 Å². The molecule has 0 radical (unpaired) electrons. The van der Waals surface area contributed by atoms with Crippen LogP contribution in [0.3, 0.4) is 0 Å². The van der Waals surface area contributed by atoms with Gasteiger partial charge in [-0.2, -0.15) is 4.72 Å². The predicted octanol–water partition coefficient (Wildman–Crippen LogP) is 2.39. The van der Waals surface area contributed by atoms with E-state index < -0.39 is 39.8 Å². The molecule has 9 nitrogen and oxygen atoms in total. The van der Waals surface area contributed by atoms with E-state index in [0.29, 0.717) is 5.56 Å². The molecular formula is C27H33FN4O5S. The van der Waals surface area contributed by atoms with Crippen molar-refractivity contribution in [3.8, 4) is 0 Å². The second kappa shape index (κ2) is 11.2. The van der Waals surface area contributed by atoms with Crippen LogP contribution in [0.4, 0.5) is 10.1 Å². The molecule has 1 unspecified atom stereocenters. The summed E-state index contributed by atoms with van der Waals surface area (Å²) in [5.74, 6) is -2.34. The lowest BCUT2D eigenvalue weighted by atomic mass is 9.95. The van der Waals surface area contributed by atoms with E-state index in [0.717, 1.165) is 55.1 Å². The van der Waals surface area contributed by atoms with E-state index in [9.17, 15) is 27.5 Å². The minimum Gasteiger partial charge on any atom is -0.480 e. The lowest BCUT2D eigenvalue weighted by Crippen LogP contribution is -2.46. The van der Waals surface area contributed by atoms with Gasteiger partial charge in [-0.15, -0.1) is 0 Å². The minimum atomic E-state index is -3.94. The van der Waals surface area contributed by atoms with E-state index in [4.69, 9.17) is 0 Å². The van der Waals surface area contributed by atoms with Gasteiger partial charge in [-0.25, -0.2) is 17.6 Å². The summed E-state index contributed by atoms with van der Waals surface area (Å²) < 4.78 is 41.9. The summed E-state index contributed by atoms with van der Waals surface area (Å²) in [5, 5.41) is 12.2. The lowest BCUT2D eigenvalue weighted by molar-refractivity contribution is -0.143. The summed E-state index contributed by atoms with van der Waals surface area (Å²) in [6.45, 7) is 6.70. The van der Waals surface area contributed by atoms with Gasteiger partial charge >= 0.3 is 5.97 Å². The molecule has 1 aliphatic heterocycles. The van der Waals surface area contributed by atoms with Crippen molar-refractivity contribution in [3.05, 3.63) is 65.0 Å². The number of piperazine rings is 1. The standard InChI is InChI=1S/C27H33FN4O5S/c1-17(2)26(27(34)35)29-25(33)16-22-20-8-10-23(30-38(36,37)19-6-4-18(28)5-7-19)21(20)9-11-24(22)32-14-12-31(3)13-15-32/h4-11,17,23,26,30H,12-16H2,1-3H3,(H,29,33)(H,34,35)/t23?,26-/m1/s1. The molecule has 3 N–H and O–H groups in total. The molecule has 2 aliphatic rings. The molecule has 0 spiro atoms. The number of carboxylic acid groups (broad SMARTS) is 1. The molecule has 0 bridgehead atoms. The zero-order valence-corrected chi connectivity index (χ0v) is 22.5. The topological polar surface area (TPSA) is 119 Å². The number of hydrogen-bond acceptors (Lipinski definition) is 6. The number of sulfonamides is 1. The van der Waals surface area contributed by atoms with Gasteiger partial charge in [0.05, 0.1) is 17.4 Å². The largest absolute Gasteiger partial charge is 0.480 e. The zero-order chi connectivity index (χ0) is 27.6. The molecule has 1 saturated heterocycles. The Morgan fingerprint density at radius 3 is 2.34 bits per heavy atom. The number of hydrogen-bond donors (Lipinski definition) is 3. The first kappa shape index (κ1) is 27.7. The van der Waals surface area contributed by atoms with E-state index >= 15 is 0 Å². The van der Waals surface area contributed by atoms with Crippen LogP contribution >= 0.6 is 0 Å². The maximum atomic E-state index is 13.3. The Kier molecular flexibility index (Phi) is 8.19. The summed E-state index contributed by atoms with van der Waals surface area (Å²) in [5.41, 5.74) is 3.02. The van der Waals surface area contributed by atoms with Crippen molar-refractivity contribution < 1.29 is 27.5 Å². The van der Waals surface area contributed by atoms with E-state index in [2.05, 4.69) is 19.8 Å². The van der Waals surface area contributed by atoms with Crippen molar-refractivity contribution in [1.82, 2.24) is 14.9 Å². The number of anilines is 1. The van der Waals surface area contributed by atoms with Crippen LogP contribution in [-0.2, 0) is 26.0 Å². The smallest absolute Gasteiger partial charge is 0.326 e. The molecule has 1 aliphatic carbocycles. The van der Waals surface area contributed by atoms with Crippen LogP contribution in [0, 0.1) is 11.7 Å². The predicted molar refractivity (Wildman–Crippen MR) is 143 cm³/mol. The average Bonchev–Trinajstić information content (AvgIpc) is 3.25. The van der Waals surface area contributed by atoms with Crippen LogP contribution < -0.4 is 14.9 Å². The van der Waals surface area contributed by atoms with Crippen LogP contribution in [0.15, 0.2) is 47.4 Å². The Balaban J connectivity index is 1.65. The fraction of sp³-hybridized carbons (Fsp3) is 0.407. The number of fused-ring (bicyclic) bond motifs is 1. The number of carboxylic acids is 1. The van der Waals surface area contributed by atoms with E-state index in [1.807, 2.05) is 19.2 Å². The highest BCUT2D eigenvalue weighted by atomic mass is 32.2. The van der Waals surface area contributed by atoms with E-state index in [-0.39, 0.29) is 17.2 Å². The summed E-state index contributed by atoms with van der Waals surface area (Å²) in [6.07, 6.45) is 3.46. The molecule has 0 aromatic heterocycles. The number of carbonyl (C=O) groups excluding carboxylic acids is 1. The van der Waals surface area contributed by atoms with Gasteiger partial charge in [-0.1, -0.05) is 32.1 Å². The molecule has 2 aromatic rings. The second-order valence-electron chi connectivity index (χ2n) is 10.1. The van der Waals surface area contributed by atoms with Gasteiger partial charge in [0.1, 0.15) is 11.9 Å². The Morgan fingerprint density at radius 1 is 1.08 bits per heavy atom. The number of rotatable bonds is 9. The molecule has 2 aromatic carbocycles. The fourth-order valence-electron chi connectivity index (χ4n) is 4.82. The SMILES string of the molecule is CC(C)[C@@H](NC(=O)Cc1c(N2CCN(C)CC2)ccc2c1C=CC2NS(=O)(=O)c1ccc(F)cc1)C(=O)O. The minimum absolute atomic E-state index is 0.0525. The number of benzene rings is 2. The summed E-state index contributed by atoms with van der Waals surface area (Å²) in [4.78, 5) is 29.1. The van der Waals surface area contributed by atoms with Gasteiger partial charge in [0, 0.05) is 31.9 Å². The van der Waals surface area contributed by atoms with Crippen LogP contribution in [0.5, 0.6) is 0 Å². The van der Waals surface area contributed by atoms with Gasteiger partial charge in [-0.05, 0) is 60.0 Å². The number of nitrogens with one attached hydrogen (secondary N) is 2. The number of amides is 1. The number of nitrogens with zero attached hydrogens (tertiary/aromatic N) is 2. The normalized spacial score (nSPS) is 18.4. The Morgan fingerprint density at radius 2 is 1.74 bits per heavy atom. The maximum absolute atomic E-state index is 13.3. The van der Waals surface area contributed by atoms with Gasteiger partial charge in [-0.3, -0.25) is 4.79 Å². The van der Waals surface area contributed by atoms with Crippen molar-refractivity contribution in [2.75, 3.05) is 38.1 Å².